The van der Waals surface area contributed by atoms with Gasteiger partial charge in [-0.3, -0.25) is 0 Å². The lowest BCUT2D eigenvalue weighted by Crippen LogP contribution is -2.31. The lowest BCUT2D eigenvalue weighted by atomic mass is 10.0. The number of hydrogen-bond donors (Lipinski definition) is 1. The first-order valence-electron chi connectivity index (χ1n) is 6.35. The van der Waals surface area contributed by atoms with Gasteiger partial charge < -0.3 is 5.32 Å². The molecule has 1 aromatic carbocycles. The molecule has 0 radical (unpaired) electrons. The van der Waals surface area contributed by atoms with E-state index in [9.17, 15) is 13.2 Å². The molecule has 0 aliphatic carbocycles. The highest BCUT2D eigenvalue weighted by Gasteiger charge is 2.30. The van der Waals surface area contributed by atoms with Gasteiger partial charge in [0.15, 0.2) is 0 Å². The molecule has 0 aliphatic heterocycles. The molecule has 0 saturated heterocycles. The fourth-order valence-electron chi connectivity index (χ4n) is 1.85. The van der Waals surface area contributed by atoms with Gasteiger partial charge in [-0.2, -0.15) is 24.9 Å². The van der Waals surface area contributed by atoms with Crippen LogP contribution in [0.25, 0.3) is 0 Å². The van der Waals surface area contributed by atoms with E-state index in [0.717, 1.165) is 17.6 Å². The van der Waals surface area contributed by atoms with Crippen LogP contribution in [0.5, 0.6) is 0 Å². The zero-order valence-electron chi connectivity index (χ0n) is 11.4. The summed E-state index contributed by atoms with van der Waals surface area (Å²) in [4.78, 5) is 0. The lowest BCUT2D eigenvalue weighted by molar-refractivity contribution is -0.137. The average molecular weight is 291 g/mol. The number of benzene rings is 1. The van der Waals surface area contributed by atoms with Crippen LogP contribution >= 0.6 is 11.8 Å². The number of halogens is 3. The molecule has 108 valence electrons. The molecule has 0 spiro atoms. The van der Waals surface area contributed by atoms with Crippen LogP contribution in [0, 0.1) is 0 Å². The van der Waals surface area contributed by atoms with Gasteiger partial charge in [-0.25, -0.2) is 0 Å². The second-order valence-electron chi connectivity index (χ2n) is 4.57. The van der Waals surface area contributed by atoms with E-state index in [0.29, 0.717) is 5.56 Å². The molecular weight excluding hydrogens is 271 g/mol. The highest BCUT2D eigenvalue weighted by atomic mass is 32.2. The molecule has 2 atom stereocenters. The Labute approximate surface area is 117 Å². The Balaban J connectivity index is 2.69. The van der Waals surface area contributed by atoms with Crippen molar-refractivity contribution >= 4 is 11.8 Å². The average Bonchev–Trinajstić information content (AvgIpc) is 2.35. The monoisotopic (exact) mass is 291 g/mol. The normalized spacial score (nSPS) is 15.3. The topological polar surface area (TPSA) is 12.0 Å². The van der Waals surface area contributed by atoms with Crippen molar-refractivity contribution < 1.29 is 13.2 Å². The zero-order valence-corrected chi connectivity index (χ0v) is 12.2. The van der Waals surface area contributed by atoms with Crippen LogP contribution in [0.4, 0.5) is 13.2 Å². The van der Waals surface area contributed by atoms with Crippen LogP contribution < -0.4 is 5.32 Å². The number of alkyl halides is 3. The summed E-state index contributed by atoms with van der Waals surface area (Å²) in [6, 6.07) is 5.70. The van der Waals surface area contributed by atoms with E-state index < -0.39 is 11.7 Å². The highest BCUT2D eigenvalue weighted by molar-refractivity contribution is 7.99. The van der Waals surface area contributed by atoms with E-state index in [-0.39, 0.29) is 12.1 Å². The summed E-state index contributed by atoms with van der Waals surface area (Å²) in [6.45, 7) is 6.03. The molecule has 0 aromatic heterocycles. The van der Waals surface area contributed by atoms with Crippen molar-refractivity contribution in [2.45, 2.75) is 39.0 Å². The third kappa shape index (κ3) is 5.45. The molecule has 1 rings (SSSR count). The van der Waals surface area contributed by atoms with Gasteiger partial charge in [0.05, 0.1) is 5.56 Å². The number of rotatable bonds is 6. The molecule has 2 unspecified atom stereocenters. The first-order chi connectivity index (χ1) is 8.84. The van der Waals surface area contributed by atoms with Gasteiger partial charge in [0.2, 0.25) is 0 Å². The Morgan fingerprint density at radius 3 is 2.53 bits per heavy atom. The van der Waals surface area contributed by atoms with Crippen LogP contribution in [0.3, 0.4) is 0 Å². The summed E-state index contributed by atoms with van der Waals surface area (Å²) in [6.07, 6.45) is -4.28. The van der Waals surface area contributed by atoms with E-state index >= 15 is 0 Å². The highest BCUT2D eigenvalue weighted by Crippen LogP contribution is 2.30. The minimum atomic E-state index is -4.28. The molecule has 0 saturated carbocycles. The van der Waals surface area contributed by atoms with Crippen molar-refractivity contribution in [1.29, 1.82) is 0 Å². The van der Waals surface area contributed by atoms with E-state index in [4.69, 9.17) is 0 Å². The molecule has 0 heterocycles. The van der Waals surface area contributed by atoms with Crippen molar-refractivity contribution in [1.82, 2.24) is 5.32 Å². The SMILES string of the molecule is CCSCC(C)NC(C)c1cccc(C(F)(F)F)c1. The Kier molecular flexibility index (Phi) is 6.20. The molecule has 0 fully saturated rings. The van der Waals surface area contributed by atoms with Crippen LogP contribution in [-0.2, 0) is 6.18 Å². The predicted octanol–water partition coefficient (Wildman–Crippen LogP) is 4.50. The van der Waals surface area contributed by atoms with Gasteiger partial charge in [-0.15, -0.1) is 0 Å². The zero-order chi connectivity index (χ0) is 14.5. The summed E-state index contributed by atoms with van der Waals surface area (Å²) in [5.74, 6) is 2.00. The maximum Gasteiger partial charge on any atom is 0.416 e. The van der Waals surface area contributed by atoms with Gasteiger partial charge in [0.1, 0.15) is 0 Å². The van der Waals surface area contributed by atoms with E-state index in [1.807, 2.05) is 25.6 Å². The molecule has 19 heavy (non-hydrogen) atoms. The third-order valence-electron chi connectivity index (χ3n) is 2.82. The second kappa shape index (κ2) is 7.20. The summed E-state index contributed by atoms with van der Waals surface area (Å²) >= 11 is 1.82. The Morgan fingerprint density at radius 1 is 1.26 bits per heavy atom. The molecule has 1 aromatic rings. The Bertz CT molecular complexity index is 393. The number of thioether (sulfide) groups is 1. The standard InChI is InChI=1S/C14H20F3NS/c1-4-19-9-10(2)18-11(3)12-6-5-7-13(8-12)14(15,16)17/h5-8,10-11,18H,4,9H2,1-3H3. The predicted molar refractivity (Wildman–Crippen MR) is 75.5 cm³/mol. The maximum absolute atomic E-state index is 12.6. The van der Waals surface area contributed by atoms with E-state index in [2.05, 4.69) is 12.2 Å². The van der Waals surface area contributed by atoms with Gasteiger partial charge in [-0.1, -0.05) is 19.1 Å². The van der Waals surface area contributed by atoms with Crippen LogP contribution in [0.1, 0.15) is 37.9 Å². The fourth-order valence-corrected chi connectivity index (χ4v) is 2.54. The molecule has 0 aliphatic rings. The first-order valence-corrected chi connectivity index (χ1v) is 7.51. The minimum Gasteiger partial charge on any atom is -0.307 e. The molecule has 1 nitrogen and oxygen atoms in total. The fraction of sp³-hybridized carbons (Fsp3) is 0.571. The van der Waals surface area contributed by atoms with Gasteiger partial charge in [0, 0.05) is 17.8 Å². The first kappa shape index (κ1) is 16.4. The second-order valence-corrected chi connectivity index (χ2v) is 5.89. The molecule has 1 N–H and O–H groups in total. The minimum absolute atomic E-state index is 0.0882. The smallest absolute Gasteiger partial charge is 0.307 e. The number of nitrogens with one attached hydrogen (secondary N) is 1. The maximum atomic E-state index is 12.6. The van der Waals surface area contributed by atoms with Crippen molar-refractivity contribution in [2.75, 3.05) is 11.5 Å². The van der Waals surface area contributed by atoms with Crippen molar-refractivity contribution in [3.05, 3.63) is 35.4 Å². The molecule has 0 bridgehead atoms. The summed E-state index contributed by atoms with van der Waals surface area (Å²) < 4.78 is 37.9. The van der Waals surface area contributed by atoms with E-state index in [1.54, 1.807) is 6.07 Å². The Morgan fingerprint density at radius 2 is 1.95 bits per heavy atom. The quantitative estimate of drug-likeness (QED) is 0.828. The van der Waals surface area contributed by atoms with Gasteiger partial charge in [-0.05, 0) is 37.3 Å². The summed E-state index contributed by atoms with van der Waals surface area (Å²) in [5, 5.41) is 3.32. The van der Waals surface area contributed by atoms with Crippen molar-refractivity contribution in [3.63, 3.8) is 0 Å². The molecule has 5 heteroatoms. The lowest BCUT2D eigenvalue weighted by Gasteiger charge is -2.21. The van der Waals surface area contributed by atoms with Crippen molar-refractivity contribution in [2.24, 2.45) is 0 Å². The molecular formula is C14H20F3NS. The Hall–Kier alpha value is -0.680. The molecule has 0 amide bonds. The number of hydrogen-bond acceptors (Lipinski definition) is 2. The van der Waals surface area contributed by atoms with Gasteiger partial charge >= 0.3 is 6.18 Å². The largest absolute Gasteiger partial charge is 0.416 e. The van der Waals surface area contributed by atoms with E-state index in [1.165, 1.54) is 12.1 Å². The van der Waals surface area contributed by atoms with Crippen LogP contribution in [0.2, 0.25) is 0 Å². The summed E-state index contributed by atoms with van der Waals surface area (Å²) in [7, 11) is 0. The van der Waals surface area contributed by atoms with Crippen LogP contribution in [0.15, 0.2) is 24.3 Å². The summed E-state index contributed by atoms with van der Waals surface area (Å²) in [5.41, 5.74) is 0.0809. The van der Waals surface area contributed by atoms with Crippen molar-refractivity contribution in [3.8, 4) is 0 Å². The van der Waals surface area contributed by atoms with Crippen LogP contribution in [-0.4, -0.2) is 17.5 Å². The van der Waals surface area contributed by atoms with Gasteiger partial charge in [0.25, 0.3) is 0 Å². The third-order valence-corrected chi connectivity index (χ3v) is 3.96.